The molecule has 2 N–H and O–H groups in total. The van der Waals surface area contributed by atoms with Gasteiger partial charge in [0.15, 0.2) is 0 Å². The van der Waals surface area contributed by atoms with Crippen molar-refractivity contribution in [2.75, 3.05) is 12.4 Å². The van der Waals surface area contributed by atoms with Gasteiger partial charge in [0.1, 0.15) is 5.54 Å². The Morgan fingerprint density at radius 2 is 1.89 bits per heavy atom. The standard InChI is InChI=1S/C15H23NO2S/c1-5-18-14(17)15(4,16)10-19-9-13-7-11(2)6-12(3)8-13/h6-8H,5,9-10,16H2,1-4H3. The molecule has 1 atom stereocenters. The maximum atomic E-state index is 11.7. The van der Waals surface area contributed by atoms with E-state index in [1.54, 1.807) is 25.6 Å². The van der Waals surface area contributed by atoms with Gasteiger partial charge in [0, 0.05) is 11.5 Å². The molecule has 0 aliphatic rings. The monoisotopic (exact) mass is 281 g/mol. The summed E-state index contributed by atoms with van der Waals surface area (Å²) in [5.41, 5.74) is 8.84. The van der Waals surface area contributed by atoms with E-state index >= 15 is 0 Å². The molecule has 0 fully saturated rings. The molecule has 0 aromatic heterocycles. The summed E-state index contributed by atoms with van der Waals surface area (Å²) in [5.74, 6) is 1.08. The highest BCUT2D eigenvalue weighted by Gasteiger charge is 2.29. The number of esters is 1. The fraction of sp³-hybridized carbons (Fsp3) is 0.533. The molecule has 1 aromatic rings. The van der Waals surface area contributed by atoms with Gasteiger partial charge in [-0.2, -0.15) is 11.8 Å². The van der Waals surface area contributed by atoms with Crippen molar-refractivity contribution in [2.24, 2.45) is 5.73 Å². The van der Waals surface area contributed by atoms with Crippen molar-refractivity contribution in [1.82, 2.24) is 0 Å². The Labute approximate surface area is 119 Å². The molecule has 106 valence electrons. The van der Waals surface area contributed by atoms with E-state index in [9.17, 15) is 4.79 Å². The fourth-order valence-corrected chi connectivity index (χ4v) is 2.93. The highest BCUT2D eigenvalue weighted by atomic mass is 32.2. The second-order valence-electron chi connectivity index (χ2n) is 5.13. The lowest BCUT2D eigenvalue weighted by molar-refractivity contribution is -0.148. The van der Waals surface area contributed by atoms with Crippen LogP contribution in [0.3, 0.4) is 0 Å². The Bertz CT molecular complexity index is 424. The Kier molecular flexibility index (Phi) is 5.88. The van der Waals surface area contributed by atoms with Gasteiger partial charge in [-0.05, 0) is 33.3 Å². The zero-order chi connectivity index (χ0) is 14.5. The van der Waals surface area contributed by atoms with Crippen LogP contribution >= 0.6 is 11.8 Å². The second kappa shape index (κ2) is 6.96. The number of thioether (sulfide) groups is 1. The predicted molar refractivity (Wildman–Crippen MR) is 81.3 cm³/mol. The smallest absolute Gasteiger partial charge is 0.326 e. The van der Waals surface area contributed by atoms with E-state index in [1.807, 2.05) is 0 Å². The Morgan fingerprint density at radius 1 is 1.32 bits per heavy atom. The average molecular weight is 281 g/mol. The largest absolute Gasteiger partial charge is 0.465 e. The summed E-state index contributed by atoms with van der Waals surface area (Å²) in [4.78, 5) is 11.7. The van der Waals surface area contributed by atoms with Gasteiger partial charge in [-0.3, -0.25) is 4.79 Å². The Morgan fingerprint density at radius 3 is 2.42 bits per heavy atom. The zero-order valence-electron chi connectivity index (χ0n) is 12.2. The molecule has 19 heavy (non-hydrogen) atoms. The van der Waals surface area contributed by atoms with Gasteiger partial charge >= 0.3 is 5.97 Å². The summed E-state index contributed by atoms with van der Waals surface area (Å²) >= 11 is 1.66. The lowest BCUT2D eigenvalue weighted by Crippen LogP contribution is -2.48. The third-order valence-corrected chi connectivity index (χ3v) is 4.04. The fourth-order valence-electron chi connectivity index (χ4n) is 1.89. The predicted octanol–water partition coefficient (Wildman–Crippen LogP) is 2.82. The lowest BCUT2D eigenvalue weighted by Gasteiger charge is -2.21. The molecule has 0 spiro atoms. The number of rotatable bonds is 6. The molecule has 1 aromatic carbocycles. The van der Waals surface area contributed by atoms with E-state index in [4.69, 9.17) is 10.5 Å². The summed E-state index contributed by atoms with van der Waals surface area (Å²) in [6.45, 7) is 8.06. The number of hydrogen-bond donors (Lipinski definition) is 1. The van der Waals surface area contributed by atoms with Crippen molar-refractivity contribution in [1.29, 1.82) is 0 Å². The minimum Gasteiger partial charge on any atom is -0.465 e. The van der Waals surface area contributed by atoms with E-state index in [2.05, 4.69) is 32.0 Å². The first-order valence-corrected chi connectivity index (χ1v) is 7.61. The zero-order valence-corrected chi connectivity index (χ0v) is 13.0. The number of nitrogens with two attached hydrogens (primary N) is 1. The number of hydrogen-bond acceptors (Lipinski definition) is 4. The Balaban J connectivity index is 2.51. The Hall–Kier alpha value is -1.00. The molecule has 0 saturated heterocycles. The summed E-state index contributed by atoms with van der Waals surface area (Å²) in [6.07, 6.45) is 0. The van der Waals surface area contributed by atoms with E-state index in [-0.39, 0.29) is 5.97 Å². The molecule has 0 amide bonds. The SMILES string of the molecule is CCOC(=O)C(C)(N)CSCc1cc(C)cc(C)c1. The third kappa shape index (κ3) is 5.25. The molecular weight excluding hydrogens is 258 g/mol. The van der Waals surface area contributed by atoms with E-state index in [0.29, 0.717) is 12.4 Å². The normalized spacial score (nSPS) is 13.9. The van der Waals surface area contributed by atoms with E-state index < -0.39 is 5.54 Å². The van der Waals surface area contributed by atoms with Crippen molar-refractivity contribution in [3.05, 3.63) is 34.9 Å². The van der Waals surface area contributed by atoms with Crippen LogP contribution in [0.4, 0.5) is 0 Å². The van der Waals surface area contributed by atoms with E-state index in [1.165, 1.54) is 16.7 Å². The van der Waals surface area contributed by atoms with Gasteiger partial charge in [0.2, 0.25) is 0 Å². The van der Waals surface area contributed by atoms with Crippen LogP contribution in [0.2, 0.25) is 0 Å². The van der Waals surface area contributed by atoms with Gasteiger partial charge in [0.25, 0.3) is 0 Å². The van der Waals surface area contributed by atoms with Crippen LogP contribution in [0.1, 0.15) is 30.5 Å². The molecule has 1 unspecified atom stereocenters. The maximum Gasteiger partial charge on any atom is 0.326 e. The van der Waals surface area contributed by atoms with Gasteiger partial charge in [-0.1, -0.05) is 29.3 Å². The summed E-state index contributed by atoms with van der Waals surface area (Å²) in [5, 5.41) is 0. The van der Waals surface area contributed by atoms with Crippen LogP contribution in [-0.4, -0.2) is 23.9 Å². The molecule has 0 saturated carbocycles. The molecule has 0 heterocycles. The first kappa shape index (κ1) is 16.1. The first-order valence-electron chi connectivity index (χ1n) is 6.46. The third-order valence-electron chi connectivity index (χ3n) is 2.69. The van der Waals surface area contributed by atoms with Crippen molar-refractivity contribution in [3.8, 4) is 0 Å². The summed E-state index contributed by atoms with van der Waals surface area (Å²) < 4.78 is 4.97. The summed E-state index contributed by atoms with van der Waals surface area (Å²) in [7, 11) is 0. The maximum absolute atomic E-state index is 11.7. The van der Waals surface area contributed by atoms with Crippen molar-refractivity contribution in [2.45, 2.75) is 39.0 Å². The quantitative estimate of drug-likeness (QED) is 0.815. The number of ether oxygens (including phenoxy) is 1. The molecule has 0 bridgehead atoms. The molecule has 4 heteroatoms. The van der Waals surface area contributed by atoms with Gasteiger partial charge in [0.05, 0.1) is 6.61 Å². The second-order valence-corrected chi connectivity index (χ2v) is 6.11. The number of carbonyl (C=O) groups is 1. The van der Waals surface area contributed by atoms with Crippen LogP contribution < -0.4 is 5.73 Å². The number of aryl methyl sites for hydroxylation is 2. The van der Waals surface area contributed by atoms with Crippen molar-refractivity contribution >= 4 is 17.7 Å². The van der Waals surface area contributed by atoms with Crippen molar-refractivity contribution in [3.63, 3.8) is 0 Å². The number of carbonyl (C=O) groups excluding carboxylic acids is 1. The molecule has 0 aliphatic heterocycles. The molecule has 1 rings (SSSR count). The molecule has 0 aliphatic carbocycles. The van der Waals surface area contributed by atoms with Gasteiger partial charge in [-0.15, -0.1) is 0 Å². The highest BCUT2D eigenvalue weighted by molar-refractivity contribution is 7.98. The van der Waals surface area contributed by atoms with Crippen LogP contribution in [0.15, 0.2) is 18.2 Å². The molecule has 0 radical (unpaired) electrons. The number of benzene rings is 1. The van der Waals surface area contributed by atoms with Crippen LogP contribution in [0.25, 0.3) is 0 Å². The molecular formula is C15H23NO2S. The van der Waals surface area contributed by atoms with Gasteiger partial charge in [-0.25, -0.2) is 0 Å². The summed E-state index contributed by atoms with van der Waals surface area (Å²) in [6, 6.07) is 6.48. The topological polar surface area (TPSA) is 52.3 Å². The van der Waals surface area contributed by atoms with E-state index in [0.717, 1.165) is 5.75 Å². The van der Waals surface area contributed by atoms with Crippen LogP contribution in [0.5, 0.6) is 0 Å². The minimum atomic E-state index is -0.917. The van der Waals surface area contributed by atoms with Crippen LogP contribution in [-0.2, 0) is 15.3 Å². The highest BCUT2D eigenvalue weighted by Crippen LogP contribution is 2.19. The lowest BCUT2D eigenvalue weighted by atomic mass is 10.1. The average Bonchev–Trinajstić information content (AvgIpc) is 2.27. The van der Waals surface area contributed by atoms with Gasteiger partial charge < -0.3 is 10.5 Å². The van der Waals surface area contributed by atoms with Crippen LogP contribution in [0, 0.1) is 13.8 Å². The molecule has 3 nitrogen and oxygen atoms in total. The minimum absolute atomic E-state index is 0.331. The van der Waals surface area contributed by atoms with Crippen molar-refractivity contribution < 1.29 is 9.53 Å². The first-order chi connectivity index (χ1) is 8.85.